The summed E-state index contributed by atoms with van der Waals surface area (Å²) in [7, 11) is 58.9. The van der Waals surface area contributed by atoms with E-state index in [-0.39, 0.29) is 0 Å². The molecule has 12 aromatic carbocycles. The van der Waals surface area contributed by atoms with Gasteiger partial charge < -0.3 is 57.4 Å². The first-order chi connectivity index (χ1) is 56.6. The number of para-hydroxylation sites is 12. The van der Waals surface area contributed by atoms with Crippen LogP contribution in [0.2, 0.25) is 39.3 Å². The Kier molecular flexibility index (Phi) is 58.4. The molecule has 0 aliphatic heterocycles. The molecule has 0 aliphatic rings. The Bertz CT molecular complexity index is 4250. The van der Waals surface area contributed by atoms with Gasteiger partial charge in [0.2, 0.25) is 0 Å². The third-order valence-electron chi connectivity index (χ3n) is 16.3. The molecule has 0 aromatic heterocycles. The fourth-order valence-corrected chi connectivity index (χ4v) is 13.3. The maximum absolute atomic E-state index is 5.01. The van der Waals surface area contributed by atoms with Gasteiger partial charge in [-0.25, -0.2) is 0 Å². The molecule has 0 fully saturated rings. The molecule has 0 saturated heterocycles. The number of benzene rings is 12. The zero-order valence-corrected chi connectivity index (χ0v) is 85.3. The molecule has 0 atom stereocenters. The van der Waals surface area contributed by atoms with Crippen molar-refractivity contribution >= 4 is 189 Å². The van der Waals surface area contributed by atoms with E-state index in [1.807, 2.05) is 207 Å². The Hall–Kier alpha value is -4.65. The van der Waals surface area contributed by atoms with Crippen LogP contribution in [0.5, 0.6) is 0 Å². The Labute approximate surface area is 784 Å². The standard InChI is InChI=1S/C25H20N2.C19H28N2Si2.C15H17N3.2C15H16N2.10ClH.5Ti/c1-3-13-22(14-4-1)26-24-17-9-7-11-20(24)19-21-12-8-10-18-25(21)27-23-15-5-2-6-16-23;1-22(2,3)20-18-13-9-7-11-16(18)15-17-12-8-10-14-19(17)21-23(4,5)6;1-16-12-8-4-6-10-14(12)18(3)15-11-7-5-9-13(15)17-2;2*1-16-14-9-5-3-7-12(14)11-13-8-4-6-10-15(13)17-2;;;;;;;;;;;;;;;/h1-18H,19H2;7-14H,15H2,1-6H3;4-11H,1-3H3;2*3-10H,11H2,1-2H3;10*1H;;;;;/q5*-2;;;;;;;;;;;5*+2/p-10. The summed E-state index contributed by atoms with van der Waals surface area (Å²) in [4.78, 5) is 12.1. The van der Waals surface area contributed by atoms with Crippen molar-refractivity contribution < 1.29 is 85.2 Å². The number of halogens is 10. The monoisotopic (exact) mass is 1970 g/mol. The van der Waals surface area contributed by atoms with E-state index in [2.05, 4.69) is 222 Å². The van der Waals surface area contributed by atoms with Crippen molar-refractivity contribution in [1.29, 1.82) is 0 Å². The zero-order valence-electron chi connectivity index (χ0n) is 67.9. The predicted molar refractivity (Wildman–Crippen MR) is 507 cm³/mol. The maximum Gasteiger partial charge on any atom is -0.00499 e. The first kappa shape index (κ1) is 107. The van der Waals surface area contributed by atoms with E-state index < -0.39 is 102 Å². The Morgan fingerprint density at radius 2 is 0.385 bits per heavy atom. The predicted octanol–water partition coefficient (Wildman–Crippen LogP) is 35.6. The summed E-state index contributed by atoms with van der Waals surface area (Å²) in [6.07, 6.45) is 3.44. The van der Waals surface area contributed by atoms with Crippen molar-refractivity contribution in [2.75, 3.05) is 54.2 Å². The zero-order chi connectivity index (χ0) is 86.1. The van der Waals surface area contributed by atoms with Gasteiger partial charge in [0.15, 0.2) is 0 Å². The molecule has 0 N–H and O–H groups in total. The van der Waals surface area contributed by atoms with Crippen LogP contribution in [-0.2, 0) is 111 Å². The second-order valence-electron chi connectivity index (χ2n) is 26.4. The molecule has 0 unspecified atom stereocenters. The first-order valence-corrected chi connectivity index (χ1v) is 64.9. The van der Waals surface area contributed by atoms with Crippen LogP contribution in [0.1, 0.15) is 44.5 Å². The quantitative estimate of drug-likeness (QED) is 0.0545. The van der Waals surface area contributed by atoms with Crippen LogP contribution in [0.4, 0.5) is 79.6 Å². The van der Waals surface area contributed by atoms with Gasteiger partial charge in [-0.05, 0) is 54.3 Å². The molecular formula is C89H97Cl10N11Si2Ti5-10. The van der Waals surface area contributed by atoms with Gasteiger partial charge in [-0.2, -0.15) is 0 Å². The average molecular weight is 1970 g/mol. The first-order valence-electron chi connectivity index (χ1n) is 36.5. The summed E-state index contributed by atoms with van der Waals surface area (Å²) in [6.45, 7) is 13.7. The van der Waals surface area contributed by atoms with Gasteiger partial charge >= 0.3 is 178 Å². The summed E-state index contributed by atoms with van der Waals surface area (Å²) in [5.74, 6) is 0. The van der Waals surface area contributed by atoms with E-state index >= 15 is 0 Å². The normalized spacial score (nSPS) is 9.80. The van der Waals surface area contributed by atoms with Crippen LogP contribution >= 0.6 is 93.0 Å². The van der Waals surface area contributed by atoms with Crippen LogP contribution in [0, 0.1) is 0 Å². The molecule has 11 nitrogen and oxygen atoms in total. The van der Waals surface area contributed by atoms with Gasteiger partial charge in [0.25, 0.3) is 0 Å². The number of anilines is 2. The minimum Gasteiger partial charge on any atom is -0.658 e. The van der Waals surface area contributed by atoms with Crippen LogP contribution in [0.25, 0.3) is 52.5 Å². The fraction of sp³-hybridized carbons (Fsp3) is 0.191. The van der Waals surface area contributed by atoms with Crippen LogP contribution in [0.3, 0.4) is 0 Å². The average Bonchev–Trinajstić information content (AvgIpc) is 0.823. The van der Waals surface area contributed by atoms with Crippen LogP contribution in [0.15, 0.2) is 303 Å². The molecule has 12 aromatic rings. The van der Waals surface area contributed by atoms with E-state index in [9.17, 15) is 0 Å². The maximum atomic E-state index is 5.01. The molecule has 0 bridgehead atoms. The fourth-order valence-electron chi connectivity index (χ4n) is 11.4. The third-order valence-corrected chi connectivity index (χ3v) is 18.1. The molecule has 117 heavy (non-hydrogen) atoms. The second kappa shape index (κ2) is 64.2. The van der Waals surface area contributed by atoms with Gasteiger partial charge in [-0.1, -0.05) is 375 Å². The van der Waals surface area contributed by atoms with E-state index in [1.54, 1.807) is 0 Å². The van der Waals surface area contributed by atoms with E-state index in [0.717, 1.165) is 105 Å². The molecule has 616 valence electrons. The van der Waals surface area contributed by atoms with Gasteiger partial charge in [0, 0.05) is 18.4 Å². The molecule has 0 aliphatic carbocycles. The van der Waals surface area contributed by atoms with Crippen molar-refractivity contribution in [3.05, 3.63) is 400 Å². The smallest absolute Gasteiger partial charge is 0.00499 e. The van der Waals surface area contributed by atoms with Crippen molar-refractivity contribution in [2.45, 2.75) is 65.0 Å². The van der Waals surface area contributed by atoms with Crippen molar-refractivity contribution in [3.63, 3.8) is 0 Å². The molecule has 12 rings (SSSR count). The molecule has 0 amide bonds. The minimum absolute atomic E-state index is 0.556. The van der Waals surface area contributed by atoms with E-state index in [4.69, 9.17) is 114 Å². The summed E-state index contributed by atoms with van der Waals surface area (Å²) in [6, 6.07) is 103. The summed E-state index contributed by atoms with van der Waals surface area (Å²) >= 11 is -2.78. The molecule has 0 radical (unpaired) electrons. The van der Waals surface area contributed by atoms with E-state index in [0.29, 0.717) is 0 Å². The Morgan fingerprint density at radius 3 is 0.598 bits per heavy atom. The van der Waals surface area contributed by atoms with Gasteiger partial charge in [0.05, 0.1) is 0 Å². The van der Waals surface area contributed by atoms with Crippen LogP contribution in [-0.4, -0.2) is 65.8 Å². The Balaban J connectivity index is 0.000000365. The van der Waals surface area contributed by atoms with Crippen molar-refractivity contribution in [3.8, 4) is 0 Å². The Morgan fingerprint density at radius 1 is 0.222 bits per heavy atom. The number of hydrogen-bond donors (Lipinski definition) is 0. The van der Waals surface area contributed by atoms with Gasteiger partial charge in [-0.3, -0.25) is 0 Å². The number of rotatable bonds is 24. The topological polar surface area (TPSA) is 144 Å². The largest absolute Gasteiger partial charge is 0.658 e. The van der Waals surface area contributed by atoms with Gasteiger partial charge in [0.1, 0.15) is 0 Å². The molecule has 0 saturated carbocycles. The molecule has 28 heteroatoms. The molecule has 0 spiro atoms. The summed E-state index contributed by atoms with van der Waals surface area (Å²) in [5, 5.41) is 35.4. The van der Waals surface area contributed by atoms with Crippen molar-refractivity contribution in [2.24, 2.45) is 0 Å². The SMILES string of the molecule is C[N-]c1ccccc1Cc1ccccc1[N-]C.C[N-]c1ccccc1Cc1ccccc1[N-]C.C[N-]c1ccccc1N(C)c1ccccc1[N-]C.C[Si](C)(C)[N-]c1ccccc1Cc1ccccc1[N-][Si](C)(C)C.[Cl][Ti][Cl].[Cl][Ti][Cl].[Cl][Ti][Cl].[Cl][Ti][Cl].[Cl][Ti][Cl].c1ccc([N-]c2ccccc2Cc2ccccc2[N-]c2ccccc2)cc1. The van der Waals surface area contributed by atoms with Crippen molar-refractivity contribution in [1.82, 2.24) is 0 Å². The number of hydrogen-bond acceptors (Lipinski definition) is 1. The molecular weight excluding hydrogens is 1870 g/mol. The van der Waals surface area contributed by atoms with Gasteiger partial charge in [-0.15, -0.1) is 111 Å². The second-order valence-corrected chi connectivity index (χ2v) is 48.5. The number of nitrogens with zero attached hydrogens (tertiary/aromatic N) is 11. The molecule has 0 heterocycles. The summed E-state index contributed by atoms with van der Waals surface area (Å²) < 4.78 is 0. The minimum atomic E-state index is -1.49. The van der Waals surface area contributed by atoms with Crippen LogP contribution < -0.4 is 4.90 Å². The summed E-state index contributed by atoms with van der Waals surface area (Å²) in [5.41, 5.74) is 24.5. The van der Waals surface area contributed by atoms with E-state index in [1.165, 1.54) is 44.5 Å². The third kappa shape index (κ3) is 43.3.